The molecule has 0 spiro atoms. The fraction of sp³-hybridized carbons (Fsp3) is 0.789. The normalized spacial score (nSPS) is 47.5. The number of hydrogen-bond donors (Lipinski definition) is 2. The molecule has 6 atom stereocenters. The number of halogens is 1. The molecule has 0 aromatic rings. The van der Waals surface area contributed by atoms with Gasteiger partial charge in [-0.25, -0.2) is 0 Å². The minimum absolute atomic E-state index is 0.0590. The average Bonchev–Trinajstić information content (AvgIpc) is 2.87. The van der Waals surface area contributed by atoms with Gasteiger partial charge in [0.1, 0.15) is 0 Å². The van der Waals surface area contributed by atoms with Crippen molar-refractivity contribution in [3.05, 3.63) is 10.7 Å². The van der Waals surface area contributed by atoms with Crippen LogP contribution in [0.15, 0.2) is 10.7 Å². The van der Waals surface area contributed by atoms with Crippen molar-refractivity contribution < 1.29 is 14.7 Å². The van der Waals surface area contributed by atoms with E-state index in [9.17, 15) is 14.7 Å². The van der Waals surface area contributed by atoms with E-state index in [4.69, 9.17) is 11.6 Å². The van der Waals surface area contributed by atoms with Crippen LogP contribution in [0.25, 0.3) is 0 Å². The largest absolute Gasteiger partial charge is 0.481 e. The molecule has 0 radical (unpaired) electrons. The highest BCUT2D eigenvalue weighted by Gasteiger charge is 2.61. The second kappa shape index (κ2) is 5.23. The molecule has 1 amide bonds. The van der Waals surface area contributed by atoms with Crippen molar-refractivity contribution in [2.45, 2.75) is 58.8 Å². The molecule has 132 valence electrons. The summed E-state index contributed by atoms with van der Waals surface area (Å²) >= 11 is 6.65. The Hall–Kier alpha value is -1.03. The van der Waals surface area contributed by atoms with E-state index in [-0.39, 0.29) is 22.7 Å². The molecule has 0 aromatic heterocycles. The first-order chi connectivity index (χ1) is 11.3. The number of rotatable bonds is 1. The summed E-state index contributed by atoms with van der Waals surface area (Å²) in [6, 6.07) is 0. The Bertz CT molecular complexity index is 645. The lowest BCUT2D eigenvalue weighted by molar-refractivity contribution is -0.149. The molecule has 1 aliphatic heterocycles. The molecule has 3 aliphatic carbocycles. The Morgan fingerprint density at radius 1 is 1.21 bits per heavy atom. The van der Waals surface area contributed by atoms with Crippen molar-refractivity contribution in [2.24, 2.45) is 34.5 Å². The van der Waals surface area contributed by atoms with E-state index in [1.807, 2.05) is 0 Å². The highest BCUT2D eigenvalue weighted by Crippen LogP contribution is 2.66. The number of amides is 1. The Labute approximate surface area is 148 Å². The van der Waals surface area contributed by atoms with Crippen LogP contribution < -0.4 is 5.32 Å². The molecule has 4 rings (SSSR count). The van der Waals surface area contributed by atoms with Gasteiger partial charge in [0.2, 0.25) is 5.91 Å². The molecule has 4 nitrogen and oxygen atoms in total. The van der Waals surface area contributed by atoms with Crippen LogP contribution >= 0.6 is 11.6 Å². The van der Waals surface area contributed by atoms with E-state index in [0.717, 1.165) is 49.3 Å². The van der Waals surface area contributed by atoms with Crippen LogP contribution in [0.3, 0.4) is 0 Å². The third-order valence-electron chi connectivity index (χ3n) is 7.95. The minimum atomic E-state index is -0.632. The van der Waals surface area contributed by atoms with E-state index in [1.165, 1.54) is 0 Å². The second-order valence-electron chi connectivity index (χ2n) is 8.84. The summed E-state index contributed by atoms with van der Waals surface area (Å²) < 4.78 is 0. The van der Waals surface area contributed by atoms with E-state index >= 15 is 0 Å². The van der Waals surface area contributed by atoms with Gasteiger partial charge in [-0.3, -0.25) is 9.59 Å². The molecule has 24 heavy (non-hydrogen) atoms. The molecule has 2 N–H and O–H groups in total. The number of carbonyl (C=O) groups excluding carboxylic acids is 1. The third kappa shape index (κ3) is 2.04. The molecule has 5 heteroatoms. The number of aliphatic carboxylic acids is 1. The number of carboxylic acid groups (broad SMARTS) is 1. The lowest BCUT2D eigenvalue weighted by atomic mass is 9.49. The third-order valence-corrected chi connectivity index (χ3v) is 8.29. The zero-order valence-corrected chi connectivity index (χ0v) is 15.2. The topological polar surface area (TPSA) is 66.4 Å². The van der Waals surface area contributed by atoms with Crippen LogP contribution in [-0.2, 0) is 9.59 Å². The van der Waals surface area contributed by atoms with Gasteiger partial charge >= 0.3 is 5.97 Å². The van der Waals surface area contributed by atoms with Crippen LogP contribution in [0.2, 0.25) is 0 Å². The molecular formula is C19H26ClNO3. The Balaban J connectivity index is 1.72. The number of piperidine rings is 1. The van der Waals surface area contributed by atoms with E-state index in [0.29, 0.717) is 24.2 Å². The maximum atomic E-state index is 11.8. The van der Waals surface area contributed by atoms with Gasteiger partial charge in [-0.1, -0.05) is 25.4 Å². The molecular weight excluding hydrogens is 326 g/mol. The van der Waals surface area contributed by atoms with E-state index < -0.39 is 5.97 Å². The number of nitrogens with one attached hydrogen (secondary N) is 1. The molecule has 3 unspecified atom stereocenters. The van der Waals surface area contributed by atoms with Gasteiger partial charge in [0.25, 0.3) is 0 Å². The maximum absolute atomic E-state index is 11.8. The van der Waals surface area contributed by atoms with Crippen molar-refractivity contribution in [1.29, 1.82) is 0 Å². The standard InChI is InChI=1S/C19H26ClNO3/c1-18-7-5-12-10(11(18)3-4-13(18)17(23)24)9-14(20)16-19(12,2)8-6-15(22)21-16/h10-13H,3-9H2,1-2H3,(H,21,22)(H,23,24)/t10?,11?,12?,13-,18+,19-/m1/s1. The lowest BCUT2D eigenvalue weighted by Crippen LogP contribution is -2.54. The van der Waals surface area contributed by atoms with Gasteiger partial charge in [-0.05, 0) is 61.7 Å². The maximum Gasteiger partial charge on any atom is 0.307 e. The first-order valence-corrected chi connectivity index (χ1v) is 9.57. The summed E-state index contributed by atoms with van der Waals surface area (Å²) in [5.41, 5.74) is 0.796. The number of carbonyl (C=O) groups is 2. The fourth-order valence-corrected chi connectivity index (χ4v) is 7.11. The van der Waals surface area contributed by atoms with Gasteiger partial charge in [-0.15, -0.1) is 0 Å². The van der Waals surface area contributed by atoms with Crippen LogP contribution in [0, 0.1) is 34.5 Å². The minimum Gasteiger partial charge on any atom is -0.481 e. The highest BCUT2D eigenvalue weighted by molar-refractivity contribution is 6.30. The number of allylic oxidation sites excluding steroid dienone is 2. The molecule has 4 aliphatic rings. The van der Waals surface area contributed by atoms with Gasteiger partial charge in [0.15, 0.2) is 0 Å². The van der Waals surface area contributed by atoms with Crippen molar-refractivity contribution in [3.8, 4) is 0 Å². The highest BCUT2D eigenvalue weighted by atomic mass is 35.5. The zero-order chi connectivity index (χ0) is 17.3. The summed E-state index contributed by atoms with van der Waals surface area (Å²) in [6.07, 6.45) is 6.03. The number of hydrogen-bond acceptors (Lipinski definition) is 2. The second-order valence-corrected chi connectivity index (χ2v) is 9.30. The van der Waals surface area contributed by atoms with Crippen LogP contribution in [-0.4, -0.2) is 17.0 Å². The van der Waals surface area contributed by atoms with Gasteiger partial charge < -0.3 is 10.4 Å². The fourth-order valence-electron chi connectivity index (χ4n) is 6.67. The Morgan fingerprint density at radius 3 is 2.67 bits per heavy atom. The molecule has 3 fully saturated rings. The SMILES string of the molecule is C[C@]12CCC(=O)NC1=C(Cl)CC1C2CC[C@@]2(C)C1CC[C@@H]2C(=O)O. The van der Waals surface area contributed by atoms with Gasteiger partial charge in [0, 0.05) is 22.6 Å². The molecule has 0 aromatic carbocycles. The van der Waals surface area contributed by atoms with Crippen LogP contribution in [0.5, 0.6) is 0 Å². The quantitative estimate of drug-likeness (QED) is 0.752. The monoisotopic (exact) mass is 351 g/mol. The van der Waals surface area contributed by atoms with Gasteiger partial charge in [0.05, 0.1) is 5.92 Å². The molecule has 0 bridgehead atoms. The van der Waals surface area contributed by atoms with Crippen LogP contribution in [0.4, 0.5) is 0 Å². The predicted molar refractivity (Wildman–Crippen MR) is 91.2 cm³/mol. The smallest absolute Gasteiger partial charge is 0.307 e. The first-order valence-electron chi connectivity index (χ1n) is 9.19. The zero-order valence-electron chi connectivity index (χ0n) is 14.4. The van der Waals surface area contributed by atoms with Crippen molar-refractivity contribution in [1.82, 2.24) is 5.32 Å². The summed E-state index contributed by atoms with van der Waals surface area (Å²) in [4.78, 5) is 23.6. The Kier molecular flexibility index (Phi) is 3.58. The van der Waals surface area contributed by atoms with E-state index in [1.54, 1.807) is 0 Å². The van der Waals surface area contributed by atoms with Crippen LogP contribution in [0.1, 0.15) is 58.8 Å². The molecule has 2 saturated carbocycles. The average molecular weight is 352 g/mol. The summed E-state index contributed by atoms with van der Waals surface area (Å²) in [5, 5.41) is 13.5. The van der Waals surface area contributed by atoms with E-state index in [2.05, 4.69) is 19.2 Å². The summed E-state index contributed by atoms with van der Waals surface area (Å²) in [6.45, 7) is 4.45. The Morgan fingerprint density at radius 2 is 1.96 bits per heavy atom. The summed E-state index contributed by atoms with van der Waals surface area (Å²) in [7, 11) is 0. The predicted octanol–water partition coefficient (Wildman–Crippen LogP) is 3.90. The number of fused-ring (bicyclic) bond motifs is 5. The van der Waals surface area contributed by atoms with Crippen molar-refractivity contribution in [3.63, 3.8) is 0 Å². The van der Waals surface area contributed by atoms with Crippen molar-refractivity contribution in [2.75, 3.05) is 0 Å². The number of carboxylic acids is 1. The molecule has 1 heterocycles. The summed E-state index contributed by atoms with van der Waals surface area (Å²) in [5.74, 6) is 0.610. The first kappa shape index (κ1) is 16.4. The lowest BCUT2D eigenvalue weighted by Gasteiger charge is -2.57. The van der Waals surface area contributed by atoms with Gasteiger partial charge in [-0.2, -0.15) is 0 Å². The molecule has 1 saturated heterocycles. The van der Waals surface area contributed by atoms with Crippen molar-refractivity contribution >= 4 is 23.5 Å².